The quantitative estimate of drug-likeness (QED) is 0.869. The summed E-state index contributed by atoms with van der Waals surface area (Å²) in [5.74, 6) is 1.10. The first-order valence-electron chi connectivity index (χ1n) is 6.66. The molecule has 0 spiro atoms. The summed E-state index contributed by atoms with van der Waals surface area (Å²) in [5.41, 5.74) is 0. The third kappa shape index (κ3) is 4.26. The fourth-order valence-corrected chi connectivity index (χ4v) is 2.90. The minimum absolute atomic E-state index is 0. The maximum Gasteiger partial charge on any atom is 0.246 e. The van der Waals surface area contributed by atoms with Crippen LogP contribution in [0, 0.1) is 0 Å². The Bertz CT molecular complexity index is 566. The highest BCUT2D eigenvalue weighted by Crippen LogP contribution is 2.12. The zero-order valence-electron chi connectivity index (χ0n) is 11.4. The Morgan fingerprint density at radius 3 is 3.19 bits per heavy atom. The molecule has 0 aliphatic carbocycles. The van der Waals surface area contributed by atoms with E-state index in [2.05, 4.69) is 20.8 Å². The van der Waals surface area contributed by atoms with Crippen LogP contribution in [0.25, 0.3) is 0 Å². The van der Waals surface area contributed by atoms with Gasteiger partial charge in [-0.3, -0.25) is 4.79 Å². The normalized spacial score (nSPS) is 17.4. The van der Waals surface area contributed by atoms with Crippen molar-refractivity contribution in [1.29, 1.82) is 0 Å². The summed E-state index contributed by atoms with van der Waals surface area (Å²) in [6.45, 7) is 1.19. The number of amides is 1. The van der Waals surface area contributed by atoms with Crippen molar-refractivity contribution in [3.63, 3.8) is 0 Å². The molecule has 0 aromatic carbocycles. The van der Waals surface area contributed by atoms with E-state index in [9.17, 15) is 4.79 Å². The van der Waals surface area contributed by atoms with Gasteiger partial charge in [-0.05, 0) is 30.8 Å². The van der Waals surface area contributed by atoms with E-state index in [-0.39, 0.29) is 30.9 Å². The lowest BCUT2D eigenvalue weighted by Crippen LogP contribution is -2.40. The SMILES string of the molecule is Cl.O=C(NCc1nc(Cc2cccs2)no1)C1CCCN1. The molecule has 2 aromatic rings. The van der Waals surface area contributed by atoms with Crippen LogP contribution < -0.4 is 10.6 Å². The van der Waals surface area contributed by atoms with Crippen LogP contribution in [0.1, 0.15) is 29.4 Å². The van der Waals surface area contributed by atoms with Gasteiger partial charge in [0.25, 0.3) is 0 Å². The number of rotatable bonds is 5. The number of nitrogens with zero attached hydrogens (tertiary/aromatic N) is 2. The van der Waals surface area contributed by atoms with Crippen LogP contribution >= 0.6 is 23.7 Å². The summed E-state index contributed by atoms with van der Waals surface area (Å²) in [6, 6.07) is 3.95. The molecule has 6 nitrogen and oxygen atoms in total. The van der Waals surface area contributed by atoms with Gasteiger partial charge in [0, 0.05) is 11.3 Å². The lowest BCUT2D eigenvalue weighted by atomic mass is 10.2. The Hall–Kier alpha value is -1.44. The van der Waals surface area contributed by atoms with Gasteiger partial charge >= 0.3 is 0 Å². The number of aromatic nitrogens is 2. The summed E-state index contributed by atoms with van der Waals surface area (Å²) >= 11 is 1.66. The van der Waals surface area contributed by atoms with Crippen molar-refractivity contribution in [1.82, 2.24) is 20.8 Å². The first-order chi connectivity index (χ1) is 9.81. The number of hydrogen-bond donors (Lipinski definition) is 2. The minimum Gasteiger partial charge on any atom is -0.346 e. The lowest BCUT2D eigenvalue weighted by molar-refractivity contribution is -0.123. The van der Waals surface area contributed by atoms with E-state index >= 15 is 0 Å². The number of carbonyl (C=O) groups excluding carboxylic acids is 1. The van der Waals surface area contributed by atoms with Gasteiger partial charge in [-0.1, -0.05) is 11.2 Å². The molecule has 1 saturated heterocycles. The molecule has 0 saturated carbocycles. The Labute approximate surface area is 132 Å². The van der Waals surface area contributed by atoms with Gasteiger partial charge in [0.05, 0.1) is 12.6 Å². The predicted octanol–water partition coefficient (Wildman–Crippen LogP) is 1.51. The molecule has 114 valence electrons. The summed E-state index contributed by atoms with van der Waals surface area (Å²) < 4.78 is 5.13. The first kappa shape index (κ1) is 15.9. The van der Waals surface area contributed by atoms with E-state index in [1.54, 1.807) is 11.3 Å². The van der Waals surface area contributed by atoms with E-state index < -0.39 is 0 Å². The van der Waals surface area contributed by atoms with Crippen LogP contribution in [0.2, 0.25) is 0 Å². The molecule has 1 amide bonds. The van der Waals surface area contributed by atoms with E-state index in [4.69, 9.17) is 4.52 Å². The van der Waals surface area contributed by atoms with Crippen LogP contribution in [-0.4, -0.2) is 28.6 Å². The summed E-state index contributed by atoms with van der Waals surface area (Å²) in [5, 5.41) is 11.9. The maximum atomic E-state index is 11.8. The van der Waals surface area contributed by atoms with Crippen molar-refractivity contribution in [3.8, 4) is 0 Å². The third-order valence-corrected chi connectivity index (χ3v) is 4.09. The average molecular weight is 329 g/mol. The topological polar surface area (TPSA) is 80.1 Å². The molecule has 1 unspecified atom stereocenters. The first-order valence-corrected chi connectivity index (χ1v) is 7.54. The van der Waals surface area contributed by atoms with Crippen LogP contribution in [0.15, 0.2) is 22.0 Å². The second-order valence-corrected chi connectivity index (χ2v) is 5.76. The van der Waals surface area contributed by atoms with E-state index in [0.29, 0.717) is 18.1 Å². The second-order valence-electron chi connectivity index (χ2n) is 4.73. The Morgan fingerprint density at radius 2 is 2.48 bits per heavy atom. The Balaban J connectivity index is 0.00000161. The van der Waals surface area contributed by atoms with Gasteiger partial charge in [-0.15, -0.1) is 23.7 Å². The van der Waals surface area contributed by atoms with E-state index in [1.807, 2.05) is 17.5 Å². The van der Waals surface area contributed by atoms with Crippen LogP contribution in [0.5, 0.6) is 0 Å². The molecule has 1 aliphatic rings. The second kappa shape index (κ2) is 7.53. The van der Waals surface area contributed by atoms with Crippen LogP contribution in [-0.2, 0) is 17.8 Å². The standard InChI is InChI=1S/C13H16N4O2S.ClH/c18-13(10-4-1-5-14-10)15-8-12-16-11(17-19-12)7-9-3-2-6-20-9;/h2-3,6,10,14H,1,4-5,7-8H2,(H,15,18);1H. The number of nitrogens with one attached hydrogen (secondary N) is 2. The molecule has 3 rings (SSSR count). The maximum absolute atomic E-state index is 11.8. The highest BCUT2D eigenvalue weighted by atomic mass is 35.5. The largest absolute Gasteiger partial charge is 0.346 e. The molecule has 1 fully saturated rings. The third-order valence-electron chi connectivity index (χ3n) is 3.21. The number of halogens is 1. The molecule has 1 atom stereocenters. The summed E-state index contributed by atoms with van der Waals surface area (Å²) in [4.78, 5) is 17.3. The number of thiophene rings is 1. The molecule has 3 heterocycles. The highest BCUT2D eigenvalue weighted by Gasteiger charge is 2.22. The molecular formula is C13H17ClN4O2S. The summed E-state index contributed by atoms with van der Waals surface area (Å²) in [6.07, 6.45) is 2.60. The smallest absolute Gasteiger partial charge is 0.246 e. The zero-order chi connectivity index (χ0) is 13.8. The van der Waals surface area contributed by atoms with Crippen molar-refractivity contribution >= 4 is 29.7 Å². The minimum atomic E-state index is -0.0801. The van der Waals surface area contributed by atoms with Gasteiger partial charge < -0.3 is 15.2 Å². The van der Waals surface area contributed by atoms with E-state index in [0.717, 1.165) is 19.4 Å². The van der Waals surface area contributed by atoms with Gasteiger partial charge in [0.2, 0.25) is 11.8 Å². The van der Waals surface area contributed by atoms with Crippen LogP contribution in [0.3, 0.4) is 0 Å². The highest BCUT2D eigenvalue weighted by molar-refractivity contribution is 7.09. The predicted molar refractivity (Wildman–Crippen MR) is 81.5 cm³/mol. The van der Waals surface area contributed by atoms with Gasteiger partial charge in [0.1, 0.15) is 0 Å². The molecule has 8 heteroatoms. The lowest BCUT2D eigenvalue weighted by Gasteiger charge is -2.08. The number of hydrogen-bond acceptors (Lipinski definition) is 6. The molecule has 2 N–H and O–H groups in total. The van der Waals surface area contributed by atoms with Crippen LogP contribution in [0.4, 0.5) is 0 Å². The number of carbonyl (C=O) groups is 1. The summed E-state index contributed by atoms with van der Waals surface area (Å²) in [7, 11) is 0. The van der Waals surface area contributed by atoms with Crippen molar-refractivity contribution in [2.24, 2.45) is 0 Å². The fraction of sp³-hybridized carbons (Fsp3) is 0.462. The zero-order valence-corrected chi connectivity index (χ0v) is 13.0. The fourth-order valence-electron chi connectivity index (χ4n) is 2.20. The van der Waals surface area contributed by atoms with Crippen molar-refractivity contribution < 1.29 is 9.32 Å². The Kier molecular flexibility index (Phi) is 5.72. The molecule has 2 aromatic heterocycles. The average Bonchev–Trinajstić information content (AvgIpc) is 3.19. The Morgan fingerprint density at radius 1 is 1.57 bits per heavy atom. The van der Waals surface area contributed by atoms with Gasteiger partial charge in [-0.25, -0.2) is 0 Å². The molecule has 0 radical (unpaired) electrons. The monoisotopic (exact) mass is 328 g/mol. The molecule has 1 aliphatic heterocycles. The van der Waals surface area contributed by atoms with Gasteiger partial charge in [0.15, 0.2) is 5.82 Å². The van der Waals surface area contributed by atoms with Crippen molar-refractivity contribution in [2.45, 2.75) is 31.8 Å². The molecular weight excluding hydrogens is 312 g/mol. The van der Waals surface area contributed by atoms with E-state index in [1.165, 1.54) is 4.88 Å². The van der Waals surface area contributed by atoms with Crippen molar-refractivity contribution in [2.75, 3.05) is 6.54 Å². The van der Waals surface area contributed by atoms with Crippen molar-refractivity contribution in [3.05, 3.63) is 34.1 Å². The van der Waals surface area contributed by atoms with Gasteiger partial charge in [-0.2, -0.15) is 4.98 Å². The molecule has 0 bridgehead atoms. The molecule has 21 heavy (non-hydrogen) atoms.